The smallest absolute Gasteiger partial charge is 0.165 e. The number of hydrogen-bond acceptors (Lipinski definition) is 6. The van der Waals surface area contributed by atoms with Gasteiger partial charge in [-0.1, -0.05) is 0 Å². The first-order valence-corrected chi connectivity index (χ1v) is 6.86. The maximum Gasteiger partial charge on any atom is 0.165 e. The summed E-state index contributed by atoms with van der Waals surface area (Å²) in [4.78, 5) is 12.5. The zero-order valence-electron chi connectivity index (χ0n) is 11.0. The van der Waals surface area contributed by atoms with Crippen molar-refractivity contribution in [3.8, 4) is 0 Å². The molecule has 4 atom stereocenters. The van der Waals surface area contributed by atoms with Crippen molar-refractivity contribution in [3.05, 3.63) is 12.7 Å². The fraction of sp³-hybridized carbons (Fsp3) is 0.615. The quantitative estimate of drug-likeness (QED) is 0.725. The molecule has 0 saturated heterocycles. The molecule has 0 aliphatic heterocycles. The Labute approximate surface area is 115 Å². The Bertz CT molecular complexity index is 672. The SMILES string of the molecule is Nc1ncnc2c1ncn2C1CC(CO)C2(CO)CC12. The molecule has 2 saturated carbocycles. The van der Waals surface area contributed by atoms with Gasteiger partial charge >= 0.3 is 0 Å². The minimum absolute atomic E-state index is 0.103. The van der Waals surface area contributed by atoms with Crippen molar-refractivity contribution in [2.75, 3.05) is 18.9 Å². The van der Waals surface area contributed by atoms with Crippen LogP contribution in [-0.4, -0.2) is 42.9 Å². The number of anilines is 1. The number of aliphatic hydroxyl groups excluding tert-OH is 2. The van der Waals surface area contributed by atoms with Crippen LogP contribution < -0.4 is 5.73 Å². The van der Waals surface area contributed by atoms with Crippen molar-refractivity contribution in [1.29, 1.82) is 0 Å². The van der Waals surface area contributed by atoms with Gasteiger partial charge in [0.25, 0.3) is 0 Å². The van der Waals surface area contributed by atoms with Gasteiger partial charge in [-0.3, -0.25) is 0 Å². The fourth-order valence-electron chi connectivity index (χ4n) is 4.02. The van der Waals surface area contributed by atoms with Gasteiger partial charge in [-0.25, -0.2) is 15.0 Å². The van der Waals surface area contributed by atoms with Gasteiger partial charge in [-0.05, 0) is 24.7 Å². The summed E-state index contributed by atoms with van der Waals surface area (Å²) >= 11 is 0. The van der Waals surface area contributed by atoms with Crippen molar-refractivity contribution in [3.63, 3.8) is 0 Å². The van der Waals surface area contributed by atoms with Crippen LogP contribution in [-0.2, 0) is 0 Å². The van der Waals surface area contributed by atoms with E-state index in [-0.39, 0.29) is 30.6 Å². The summed E-state index contributed by atoms with van der Waals surface area (Å²) in [6.45, 7) is 0.264. The number of rotatable bonds is 3. The number of fused-ring (bicyclic) bond motifs is 2. The Morgan fingerprint density at radius 1 is 1.35 bits per heavy atom. The van der Waals surface area contributed by atoms with E-state index in [2.05, 4.69) is 15.0 Å². The number of nitrogens with zero attached hydrogens (tertiary/aromatic N) is 4. The van der Waals surface area contributed by atoms with E-state index in [0.29, 0.717) is 17.3 Å². The monoisotopic (exact) mass is 275 g/mol. The largest absolute Gasteiger partial charge is 0.396 e. The summed E-state index contributed by atoms with van der Waals surface area (Å²) in [5, 5.41) is 19.2. The van der Waals surface area contributed by atoms with Crippen LogP contribution in [0.5, 0.6) is 0 Å². The van der Waals surface area contributed by atoms with E-state index in [1.807, 2.05) is 4.57 Å². The Balaban J connectivity index is 1.77. The number of nitrogen functional groups attached to an aromatic ring is 1. The lowest BCUT2D eigenvalue weighted by atomic mass is 9.92. The number of imidazole rings is 1. The summed E-state index contributed by atoms with van der Waals surface area (Å²) in [5.74, 6) is 0.923. The highest BCUT2D eigenvalue weighted by Gasteiger charge is 2.66. The van der Waals surface area contributed by atoms with Gasteiger partial charge in [0.15, 0.2) is 11.5 Å². The van der Waals surface area contributed by atoms with E-state index in [1.165, 1.54) is 6.33 Å². The van der Waals surface area contributed by atoms with Crippen LogP contribution in [0.1, 0.15) is 18.9 Å². The van der Waals surface area contributed by atoms with Gasteiger partial charge in [-0.15, -0.1) is 0 Å². The molecule has 4 N–H and O–H groups in total. The number of aromatic nitrogens is 4. The van der Waals surface area contributed by atoms with E-state index in [1.54, 1.807) is 6.33 Å². The van der Waals surface area contributed by atoms with Crippen LogP contribution in [0.25, 0.3) is 11.2 Å². The highest BCUT2D eigenvalue weighted by Crippen LogP contribution is 2.70. The molecule has 2 fully saturated rings. The highest BCUT2D eigenvalue weighted by molar-refractivity contribution is 5.81. The second-order valence-electron chi connectivity index (χ2n) is 5.97. The molecule has 7 nitrogen and oxygen atoms in total. The Hall–Kier alpha value is -1.73. The molecule has 4 rings (SSSR count). The molecule has 2 heterocycles. The molecule has 0 aromatic carbocycles. The van der Waals surface area contributed by atoms with Crippen LogP contribution in [0.4, 0.5) is 5.82 Å². The molecule has 2 aliphatic rings. The van der Waals surface area contributed by atoms with E-state index in [0.717, 1.165) is 18.5 Å². The first-order chi connectivity index (χ1) is 9.71. The molecular formula is C13H17N5O2. The Morgan fingerprint density at radius 3 is 2.90 bits per heavy atom. The average Bonchev–Trinajstić information content (AvgIpc) is 2.90. The highest BCUT2D eigenvalue weighted by atomic mass is 16.3. The number of aliphatic hydroxyl groups is 2. The number of hydrogen-bond donors (Lipinski definition) is 3. The third-order valence-corrected chi connectivity index (χ3v) is 5.24. The van der Waals surface area contributed by atoms with Crippen molar-refractivity contribution in [2.24, 2.45) is 17.3 Å². The third-order valence-electron chi connectivity index (χ3n) is 5.24. The average molecular weight is 275 g/mol. The van der Waals surface area contributed by atoms with Gasteiger partial charge in [0.2, 0.25) is 0 Å². The van der Waals surface area contributed by atoms with Crippen molar-refractivity contribution in [2.45, 2.75) is 18.9 Å². The summed E-state index contributed by atoms with van der Waals surface area (Å²) in [7, 11) is 0. The second-order valence-corrected chi connectivity index (χ2v) is 5.97. The Kier molecular flexibility index (Phi) is 2.34. The molecular weight excluding hydrogens is 258 g/mol. The molecule has 20 heavy (non-hydrogen) atoms. The van der Waals surface area contributed by atoms with Gasteiger partial charge in [-0.2, -0.15) is 0 Å². The topological polar surface area (TPSA) is 110 Å². The van der Waals surface area contributed by atoms with Crippen molar-refractivity contribution in [1.82, 2.24) is 19.5 Å². The molecule has 4 unspecified atom stereocenters. The Morgan fingerprint density at radius 2 is 2.20 bits per heavy atom. The molecule has 2 aromatic rings. The third kappa shape index (κ3) is 1.34. The van der Waals surface area contributed by atoms with Crippen LogP contribution >= 0.6 is 0 Å². The predicted molar refractivity (Wildman–Crippen MR) is 71.6 cm³/mol. The predicted octanol–water partition coefficient (Wildman–Crippen LogP) is -0.0396. The van der Waals surface area contributed by atoms with Crippen molar-refractivity contribution < 1.29 is 10.2 Å². The minimum atomic E-state index is -0.103. The summed E-state index contributed by atoms with van der Waals surface area (Å²) < 4.78 is 2.03. The first kappa shape index (κ1) is 12.0. The van der Waals surface area contributed by atoms with Crippen molar-refractivity contribution >= 4 is 17.0 Å². The zero-order chi connectivity index (χ0) is 13.9. The van der Waals surface area contributed by atoms with Crippen LogP contribution in [0, 0.1) is 17.3 Å². The molecule has 2 aliphatic carbocycles. The van der Waals surface area contributed by atoms with Crippen LogP contribution in [0.2, 0.25) is 0 Å². The van der Waals surface area contributed by atoms with E-state index in [9.17, 15) is 10.2 Å². The fourth-order valence-corrected chi connectivity index (χ4v) is 4.02. The molecule has 0 bridgehead atoms. The molecule has 106 valence electrons. The first-order valence-electron chi connectivity index (χ1n) is 6.86. The number of nitrogens with two attached hydrogens (primary N) is 1. The zero-order valence-corrected chi connectivity index (χ0v) is 11.0. The molecule has 0 spiro atoms. The maximum atomic E-state index is 9.66. The molecule has 7 heteroatoms. The lowest BCUT2D eigenvalue weighted by Gasteiger charge is -2.19. The standard InChI is InChI=1S/C13H17N5O2/c14-11-10-12(16-5-15-11)18(6-17-10)9-1-7(3-19)13(4-20)2-8(9)13/h5-9,19-20H,1-4H2,(H2,14,15,16). The lowest BCUT2D eigenvalue weighted by Crippen LogP contribution is -2.20. The second kappa shape index (κ2) is 3.89. The molecule has 2 aromatic heterocycles. The molecule has 0 amide bonds. The summed E-state index contributed by atoms with van der Waals surface area (Å²) in [6.07, 6.45) is 5.00. The van der Waals surface area contributed by atoms with Crippen LogP contribution in [0.3, 0.4) is 0 Å². The molecule has 0 radical (unpaired) electrons. The van der Waals surface area contributed by atoms with Gasteiger partial charge in [0, 0.05) is 24.7 Å². The summed E-state index contributed by atoms with van der Waals surface area (Å²) in [5.41, 5.74) is 7.07. The van der Waals surface area contributed by atoms with Gasteiger partial charge in [0.1, 0.15) is 11.8 Å². The minimum Gasteiger partial charge on any atom is -0.396 e. The normalized spacial score (nSPS) is 35.4. The van der Waals surface area contributed by atoms with E-state index in [4.69, 9.17) is 5.73 Å². The van der Waals surface area contributed by atoms with Crippen LogP contribution in [0.15, 0.2) is 12.7 Å². The lowest BCUT2D eigenvalue weighted by molar-refractivity contribution is 0.112. The maximum absolute atomic E-state index is 9.66. The van der Waals surface area contributed by atoms with E-state index < -0.39 is 0 Å². The van der Waals surface area contributed by atoms with E-state index >= 15 is 0 Å². The van der Waals surface area contributed by atoms with Gasteiger partial charge in [0.05, 0.1) is 6.33 Å². The van der Waals surface area contributed by atoms with Gasteiger partial charge < -0.3 is 20.5 Å². The summed E-state index contributed by atoms with van der Waals surface area (Å²) in [6, 6.07) is 0.221.